The number of aliphatic hydroxyl groups excluding tert-OH is 4. The number of nitrogens with one attached hydrogen (secondary N) is 1. The van der Waals surface area contributed by atoms with E-state index >= 15 is 0 Å². The lowest BCUT2D eigenvalue weighted by Gasteiger charge is -2.47. The molecule has 2 aliphatic heterocycles. The molecule has 3 heterocycles. The molecule has 0 spiro atoms. The quantitative estimate of drug-likeness (QED) is 0.211. The average molecular weight is 580 g/mol. The van der Waals surface area contributed by atoms with E-state index in [4.69, 9.17) is 23.4 Å². The zero-order chi connectivity index (χ0) is 29.5. The van der Waals surface area contributed by atoms with Crippen molar-refractivity contribution in [3.8, 4) is 11.5 Å². The van der Waals surface area contributed by atoms with Crippen LogP contribution in [0.4, 0.5) is 0 Å². The third kappa shape index (κ3) is 5.04. The summed E-state index contributed by atoms with van der Waals surface area (Å²) in [7, 11) is 1.40. The maximum atomic E-state index is 12.8. The van der Waals surface area contributed by atoms with Crippen LogP contribution in [0.15, 0.2) is 10.7 Å². The van der Waals surface area contributed by atoms with Crippen LogP contribution in [0.1, 0.15) is 48.8 Å². The molecule has 6 N–H and O–H groups in total. The first kappa shape index (κ1) is 29.5. The highest BCUT2D eigenvalue weighted by Crippen LogP contribution is 2.50. The van der Waals surface area contributed by atoms with Crippen LogP contribution in [-0.2, 0) is 31.9 Å². The van der Waals surface area contributed by atoms with Crippen molar-refractivity contribution < 1.29 is 58.5 Å². The van der Waals surface area contributed by atoms with Crippen molar-refractivity contribution in [2.24, 2.45) is 5.92 Å². The highest BCUT2D eigenvalue weighted by atomic mass is 16.7. The second kappa shape index (κ2) is 11.7. The number of esters is 1. The Morgan fingerprint density at radius 3 is 2.61 bits per heavy atom. The Morgan fingerprint density at radius 2 is 1.98 bits per heavy atom. The number of amides is 1. The fraction of sp³-hybridized carbons (Fsp3) is 0.643. The molecule has 1 aromatic carbocycles. The average Bonchev–Trinajstić information content (AvgIpc) is 3.60. The largest absolute Gasteiger partial charge is 0.490 e. The summed E-state index contributed by atoms with van der Waals surface area (Å²) in [6.45, 7) is 1.14. The smallest absolute Gasteiger partial charge is 0.309 e. The second-order valence-corrected chi connectivity index (χ2v) is 10.8. The number of aliphatic hydroxyl groups is 5. The fourth-order valence-electron chi connectivity index (χ4n) is 6.26. The highest BCUT2D eigenvalue weighted by Gasteiger charge is 2.56. The number of hydrogen-bond acceptors (Lipinski definition) is 12. The molecule has 1 aliphatic carbocycles. The lowest BCUT2D eigenvalue weighted by molar-refractivity contribution is -0.323. The van der Waals surface area contributed by atoms with Crippen LogP contribution in [-0.4, -0.2) is 101 Å². The molecular weight excluding hydrogens is 542 g/mol. The van der Waals surface area contributed by atoms with Gasteiger partial charge in [0.15, 0.2) is 16.9 Å². The molecule has 13 nitrogen and oxygen atoms in total. The van der Waals surface area contributed by atoms with Crippen molar-refractivity contribution in [2.45, 2.75) is 75.1 Å². The van der Waals surface area contributed by atoms with Gasteiger partial charge in [0, 0.05) is 48.4 Å². The van der Waals surface area contributed by atoms with Crippen molar-refractivity contribution in [1.29, 1.82) is 0 Å². The van der Waals surface area contributed by atoms with E-state index in [0.29, 0.717) is 37.0 Å². The molecule has 0 saturated carbocycles. The van der Waals surface area contributed by atoms with Crippen LogP contribution >= 0.6 is 0 Å². The number of rotatable bonds is 9. The highest BCUT2D eigenvalue weighted by molar-refractivity contribution is 5.95. The molecule has 2 fully saturated rings. The first-order chi connectivity index (χ1) is 19.7. The molecule has 226 valence electrons. The summed E-state index contributed by atoms with van der Waals surface area (Å²) < 4.78 is 29.1. The Hall–Kier alpha value is -2.94. The van der Waals surface area contributed by atoms with Gasteiger partial charge in [-0.3, -0.25) is 9.59 Å². The van der Waals surface area contributed by atoms with Gasteiger partial charge in [-0.25, -0.2) is 0 Å². The molecule has 5 rings (SSSR count). The Labute approximate surface area is 235 Å². The molecule has 1 amide bonds. The lowest BCUT2D eigenvalue weighted by atomic mass is 9.79. The van der Waals surface area contributed by atoms with E-state index in [0.717, 1.165) is 16.5 Å². The summed E-state index contributed by atoms with van der Waals surface area (Å²) in [4.78, 5) is 24.8. The van der Waals surface area contributed by atoms with E-state index in [9.17, 15) is 35.1 Å². The minimum absolute atomic E-state index is 0.0655. The van der Waals surface area contributed by atoms with E-state index in [-0.39, 0.29) is 42.3 Å². The Balaban J connectivity index is 1.66. The second-order valence-electron chi connectivity index (χ2n) is 10.8. The molecule has 2 aromatic rings. The van der Waals surface area contributed by atoms with Crippen LogP contribution in [0.25, 0.3) is 11.0 Å². The zero-order valence-electron chi connectivity index (χ0n) is 23.0. The molecule has 3 aliphatic rings. The van der Waals surface area contributed by atoms with Crippen molar-refractivity contribution in [3.63, 3.8) is 0 Å². The van der Waals surface area contributed by atoms with Gasteiger partial charge in [-0.05, 0) is 31.7 Å². The van der Waals surface area contributed by atoms with Gasteiger partial charge >= 0.3 is 5.97 Å². The molecule has 2 saturated heterocycles. The van der Waals surface area contributed by atoms with E-state index in [1.54, 1.807) is 13.2 Å². The van der Waals surface area contributed by atoms with Crippen LogP contribution in [0, 0.1) is 5.92 Å². The maximum absolute atomic E-state index is 12.8. The Kier molecular flexibility index (Phi) is 8.46. The van der Waals surface area contributed by atoms with Crippen LogP contribution < -0.4 is 14.8 Å². The van der Waals surface area contributed by atoms with Crippen molar-refractivity contribution in [1.82, 2.24) is 5.32 Å². The molecule has 0 bridgehead atoms. The number of aryl methyl sites for hydroxylation is 1. The summed E-state index contributed by atoms with van der Waals surface area (Å²) in [5.74, 6) is -0.839. The number of benzene rings is 1. The number of furan rings is 1. The van der Waals surface area contributed by atoms with Gasteiger partial charge < -0.3 is 54.2 Å². The van der Waals surface area contributed by atoms with Gasteiger partial charge in [-0.15, -0.1) is 0 Å². The van der Waals surface area contributed by atoms with Crippen LogP contribution in [0.5, 0.6) is 11.5 Å². The molecule has 7 unspecified atom stereocenters. The van der Waals surface area contributed by atoms with Gasteiger partial charge in [0.2, 0.25) is 17.9 Å². The Morgan fingerprint density at radius 1 is 1.20 bits per heavy atom. The Bertz CT molecular complexity index is 1290. The molecule has 1 aromatic heterocycles. The predicted octanol–water partition coefficient (Wildman–Crippen LogP) is -0.356. The molecular formula is C28H37NO12. The summed E-state index contributed by atoms with van der Waals surface area (Å²) >= 11 is 0. The third-order valence-electron chi connectivity index (χ3n) is 8.45. The van der Waals surface area contributed by atoms with Gasteiger partial charge in [-0.1, -0.05) is 0 Å². The summed E-state index contributed by atoms with van der Waals surface area (Å²) in [6.07, 6.45) is -3.84. The number of ether oxygens (including phenoxy) is 4. The van der Waals surface area contributed by atoms with E-state index < -0.39 is 55.8 Å². The molecule has 7 atom stereocenters. The van der Waals surface area contributed by atoms with Crippen molar-refractivity contribution in [3.05, 3.63) is 23.0 Å². The topological polar surface area (TPSA) is 197 Å². The van der Waals surface area contributed by atoms with E-state index in [1.165, 1.54) is 7.11 Å². The standard InChI is InChI=1S/C28H37NO12/c1-3-38-26(35)13-4-5-15-16(8-13)22(41-27-28(36,6-7-30)25(34)21(33)18(11-31)40-27)24(37-2)23-20(15)17(12-39-23)14-9-19(32)29-10-14/h12-14,18,21,25,27,30-31,33-34,36H,3-11H2,1-2H3,(H,29,32). The molecule has 13 heteroatoms. The monoisotopic (exact) mass is 579 g/mol. The third-order valence-corrected chi connectivity index (χ3v) is 8.45. The van der Waals surface area contributed by atoms with Crippen LogP contribution in [0.3, 0.4) is 0 Å². The SMILES string of the molecule is CCOC(=O)C1CCc2c(c(OC3OC(CO)C(O)C(O)C3(O)CCO)c(OC)c3occ(C4CNC(=O)C4)c23)C1. The van der Waals surface area contributed by atoms with Gasteiger partial charge in [0.05, 0.1) is 32.5 Å². The minimum Gasteiger partial charge on any atom is -0.490 e. The predicted molar refractivity (Wildman–Crippen MR) is 140 cm³/mol. The fourth-order valence-corrected chi connectivity index (χ4v) is 6.26. The first-order valence-corrected chi connectivity index (χ1v) is 13.9. The molecule has 41 heavy (non-hydrogen) atoms. The number of carbonyl (C=O) groups is 2. The minimum atomic E-state index is -2.27. The zero-order valence-corrected chi connectivity index (χ0v) is 23.0. The number of fused-ring (bicyclic) bond motifs is 3. The first-order valence-electron chi connectivity index (χ1n) is 13.9. The van der Waals surface area contributed by atoms with Crippen molar-refractivity contribution in [2.75, 3.05) is 33.5 Å². The normalized spacial score (nSPS) is 31.5. The summed E-state index contributed by atoms with van der Waals surface area (Å²) in [6, 6.07) is 0. The maximum Gasteiger partial charge on any atom is 0.309 e. The summed E-state index contributed by atoms with van der Waals surface area (Å²) in [5.41, 5.74) is 0.283. The van der Waals surface area contributed by atoms with Gasteiger partial charge in [-0.2, -0.15) is 0 Å². The van der Waals surface area contributed by atoms with E-state index in [2.05, 4.69) is 5.32 Å². The summed E-state index contributed by atoms with van der Waals surface area (Å²) in [5, 5.41) is 55.7. The van der Waals surface area contributed by atoms with E-state index in [1.807, 2.05) is 0 Å². The molecule has 0 radical (unpaired) electrons. The number of carbonyl (C=O) groups excluding carboxylic acids is 2. The van der Waals surface area contributed by atoms with Gasteiger partial charge in [0.25, 0.3) is 0 Å². The number of hydrogen-bond donors (Lipinski definition) is 6. The number of methoxy groups -OCH3 is 1. The lowest BCUT2D eigenvalue weighted by Crippen LogP contribution is -2.68. The van der Waals surface area contributed by atoms with Crippen molar-refractivity contribution >= 4 is 22.8 Å². The van der Waals surface area contributed by atoms with Gasteiger partial charge in [0.1, 0.15) is 18.3 Å². The van der Waals surface area contributed by atoms with Crippen LogP contribution in [0.2, 0.25) is 0 Å².